The van der Waals surface area contributed by atoms with Gasteiger partial charge >= 0.3 is 0 Å². The van der Waals surface area contributed by atoms with Gasteiger partial charge in [0.05, 0.1) is 17.1 Å². The van der Waals surface area contributed by atoms with Crippen LogP contribution in [0.3, 0.4) is 0 Å². The Balaban J connectivity index is 1.51. The Morgan fingerprint density at radius 3 is 3.04 bits per heavy atom. The van der Waals surface area contributed by atoms with Gasteiger partial charge in [0.2, 0.25) is 5.91 Å². The summed E-state index contributed by atoms with van der Waals surface area (Å²) in [5.41, 5.74) is 1.61. The van der Waals surface area contributed by atoms with Crippen LogP contribution in [0.2, 0.25) is 0 Å². The SMILES string of the molecule is CC(C(=O)NCc1cn2cc(Br)ccc2n1)n1c(-c2cccs2)n[nH]c1=S. The highest BCUT2D eigenvalue weighted by Gasteiger charge is 2.21. The Morgan fingerprint density at radius 2 is 2.26 bits per heavy atom. The average molecular weight is 463 g/mol. The predicted molar refractivity (Wildman–Crippen MR) is 110 cm³/mol. The first kappa shape index (κ1) is 18.1. The van der Waals surface area contributed by atoms with Crippen molar-refractivity contribution in [2.45, 2.75) is 19.5 Å². The quantitative estimate of drug-likeness (QED) is 0.439. The summed E-state index contributed by atoms with van der Waals surface area (Å²) in [5, 5.41) is 11.9. The largest absolute Gasteiger partial charge is 0.349 e. The van der Waals surface area contributed by atoms with E-state index in [0.29, 0.717) is 17.1 Å². The summed E-state index contributed by atoms with van der Waals surface area (Å²) < 4.78 is 5.03. The molecule has 0 fully saturated rings. The topological polar surface area (TPSA) is 80.0 Å². The Bertz CT molecular complexity index is 1160. The Morgan fingerprint density at radius 1 is 1.41 bits per heavy atom. The fourth-order valence-corrected chi connectivity index (χ4v) is 4.14. The number of fused-ring (bicyclic) bond motifs is 1. The van der Waals surface area contributed by atoms with Gasteiger partial charge in [-0.15, -0.1) is 11.3 Å². The summed E-state index contributed by atoms with van der Waals surface area (Å²) in [4.78, 5) is 18.2. The van der Waals surface area contributed by atoms with Crippen molar-refractivity contribution in [3.05, 3.63) is 57.0 Å². The lowest BCUT2D eigenvalue weighted by Gasteiger charge is -2.14. The normalized spacial score (nSPS) is 12.4. The van der Waals surface area contributed by atoms with E-state index in [4.69, 9.17) is 12.2 Å². The van der Waals surface area contributed by atoms with Crippen molar-refractivity contribution in [2.24, 2.45) is 0 Å². The summed E-state index contributed by atoms with van der Waals surface area (Å²) in [6.45, 7) is 2.14. The number of amides is 1. The van der Waals surface area contributed by atoms with Gasteiger partial charge in [-0.25, -0.2) is 4.98 Å². The van der Waals surface area contributed by atoms with E-state index in [1.165, 1.54) is 0 Å². The van der Waals surface area contributed by atoms with Gasteiger partial charge < -0.3 is 9.72 Å². The number of aromatic amines is 1. The van der Waals surface area contributed by atoms with E-state index in [1.54, 1.807) is 22.8 Å². The molecule has 1 unspecified atom stereocenters. The third-order valence-electron chi connectivity index (χ3n) is 4.12. The molecule has 7 nitrogen and oxygen atoms in total. The van der Waals surface area contributed by atoms with Crippen LogP contribution < -0.4 is 5.32 Å². The number of nitrogens with one attached hydrogen (secondary N) is 2. The number of aromatic nitrogens is 5. The lowest BCUT2D eigenvalue weighted by atomic mass is 10.3. The molecule has 0 aromatic carbocycles. The van der Waals surface area contributed by atoms with E-state index < -0.39 is 6.04 Å². The van der Waals surface area contributed by atoms with Crippen LogP contribution in [0.5, 0.6) is 0 Å². The van der Waals surface area contributed by atoms with E-state index in [0.717, 1.165) is 20.7 Å². The number of carbonyl (C=O) groups is 1. The molecule has 4 rings (SSSR count). The number of nitrogens with zero attached hydrogens (tertiary/aromatic N) is 4. The summed E-state index contributed by atoms with van der Waals surface area (Å²) >= 11 is 10.3. The van der Waals surface area contributed by atoms with Gasteiger partial charge in [-0.3, -0.25) is 14.5 Å². The van der Waals surface area contributed by atoms with Gasteiger partial charge in [0.1, 0.15) is 11.7 Å². The van der Waals surface area contributed by atoms with E-state index in [9.17, 15) is 4.79 Å². The minimum Gasteiger partial charge on any atom is -0.349 e. The van der Waals surface area contributed by atoms with Gasteiger partial charge in [-0.05, 0) is 58.7 Å². The van der Waals surface area contributed by atoms with Crippen molar-refractivity contribution < 1.29 is 4.79 Å². The molecule has 0 bridgehead atoms. The standard InChI is InChI=1S/C17H15BrN6OS2/c1-10(24-15(21-22-17(24)26)13-3-2-6-27-13)16(25)19-7-12-9-23-8-11(18)4-5-14(23)20-12/h2-6,8-10H,7H2,1H3,(H,19,25)(H,22,26). The molecule has 0 aliphatic heterocycles. The fraction of sp³-hybridized carbons (Fsp3) is 0.176. The molecular weight excluding hydrogens is 448 g/mol. The highest BCUT2D eigenvalue weighted by atomic mass is 79.9. The van der Waals surface area contributed by atoms with Gasteiger partial charge in [-0.1, -0.05) is 6.07 Å². The molecule has 4 heterocycles. The van der Waals surface area contributed by atoms with E-state index in [2.05, 4.69) is 36.4 Å². The average Bonchev–Trinajstić information content (AvgIpc) is 3.37. The zero-order valence-corrected chi connectivity index (χ0v) is 17.4. The predicted octanol–water partition coefficient (Wildman–Crippen LogP) is 3.96. The minimum atomic E-state index is -0.500. The van der Waals surface area contributed by atoms with Crippen LogP contribution >= 0.6 is 39.5 Å². The van der Waals surface area contributed by atoms with Crippen LogP contribution in [0.25, 0.3) is 16.3 Å². The molecular formula is C17H15BrN6OS2. The summed E-state index contributed by atoms with van der Waals surface area (Å²) in [6.07, 6.45) is 3.82. The zero-order valence-electron chi connectivity index (χ0n) is 14.2. The first-order chi connectivity index (χ1) is 13.0. The second-order valence-corrected chi connectivity index (χ2v) is 8.19. The number of pyridine rings is 1. The molecule has 138 valence electrons. The van der Waals surface area contributed by atoms with E-state index in [1.807, 2.05) is 46.4 Å². The molecule has 10 heteroatoms. The molecule has 4 aromatic heterocycles. The van der Waals surface area contributed by atoms with E-state index >= 15 is 0 Å². The fourth-order valence-electron chi connectivity index (χ4n) is 2.79. The third kappa shape index (κ3) is 3.60. The monoisotopic (exact) mass is 462 g/mol. The number of thiophene rings is 1. The number of hydrogen-bond acceptors (Lipinski definition) is 5. The minimum absolute atomic E-state index is 0.149. The summed E-state index contributed by atoms with van der Waals surface area (Å²) in [7, 11) is 0. The van der Waals surface area contributed by atoms with Gasteiger partial charge in [0.25, 0.3) is 0 Å². The summed E-state index contributed by atoms with van der Waals surface area (Å²) in [5.74, 6) is 0.513. The van der Waals surface area contributed by atoms with Crippen LogP contribution in [0.4, 0.5) is 0 Å². The summed E-state index contributed by atoms with van der Waals surface area (Å²) in [6, 6.07) is 7.23. The maximum atomic E-state index is 12.7. The Hall–Kier alpha value is -2.30. The highest BCUT2D eigenvalue weighted by Crippen LogP contribution is 2.25. The molecule has 0 saturated heterocycles. The van der Waals surface area contributed by atoms with Crippen LogP contribution in [-0.4, -0.2) is 30.1 Å². The van der Waals surface area contributed by atoms with Gasteiger partial charge in [0.15, 0.2) is 10.6 Å². The number of halogens is 1. The smallest absolute Gasteiger partial charge is 0.243 e. The third-order valence-corrected chi connectivity index (χ3v) is 5.74. The number of imidazole rings is 1. The molecule has 0 radical (unpaired) electrons. The first-order valence-electron chi connectivity index (χ1n) is 8.14. The van der Waals surface area contributed by atoms with Crippen molar-refractivity contribution in [1.82, 2.24) is 29.5 Å². The van der Waals surface area contributed by atoms with Crippen LogP contribution in [0, 0.1) is 4.77 Å². The van der Waals surface area contributed by atoms with Crippen molar-refractivity contribution >= 4 is 51.0 Å². The molecule has 27 heavy (non-hydrogen) atoms. The Labute approximate surface area is 172 Å². The second kappa shape index (κ2) is 7.37. The molecule has 4 aromatic rings. The van der Waals surface area contributed by atoms with Crippen molar-refractivity contribution in [1.29, 1.82) is 0 Å². The van der Waals surface area contributed by atoms with Crippen molar-refractivity contribution in [3.8, 4) is 10.7 Å². The highest BCUT2D eigenvalue weighted by molar-refractivity contribution is 9.10. The number of hydrogen-bond donors (Lipinski definition) is 2. The van der Waals surface area contributed by atoms with Gasteiger partial charge in [-0.2, -0.15) is 5.10 Å². The molecule has 0 aliphatic rings. The first-order valence-corrected chi connectivity index (χ1v) is 10.2. The molecule has 0 saturated carbocycles. The molecule has 0 spiro atoms. The number of carbonyl (C=O) groups excluding carboxylic acids is 1. The number of H-pyrrole nitrogens is 1. The van der Waals surface area contributed by atoms with Crippen LogP contribution in [0.1, 0.15) is 18.7 Å². The van der Waals surface area contributed by atoms with Crippen LogP contribution in [-0.2, 0) is 11.3 Å². The second-order valence-electron chi connectivity index (χ2n) is 5.94. The molecule has 2 N–H and O–H groups in total. The maximum absolute atomic E-state index is 12.7. The maximum Gasteiger partial charge on any atom is 0.243 e. The molecule has 1 atom stereocenters. The number of rotatable bonds is 5. The van der Waals surface area contributed by atoms with Crippen molar-refractivity contribution in [3.63, 3.8) is 0 Å². The van der Waals surface area contributed by atoms with Gasteiger partial charge in [0, 0.05) is 16.9 Å². The Kier molecular flexibility index (Phi) is 4.94. The van der Waals surface area contributed by atoms with Crippen LogP contribution in [0.15, 0.2) is 46.5 Å². The lowest BCUT2D eigenvalue weighted by molar-refractivity contribution is -0.124. The zero-order chi connectivity index (χ0) is 19.0. The van der Waals surface area contributed by atoms with E-state index in [-0.39, 0.29) is 5.91 Å². The van der Waals surface area contributed by atoms with Crippen molar-refractivity contribution in [2.75, 3.05) is 0 Å². The molecule has 0 aliphatic carbocycles. The molecule has 1 amide bonds. The lowest BCUT2D eigenvalue weighted by Crippen LogP contribution is -2.31.